The van der Waals surface area contributed by atoms with Gasteiger partial charge in [-0.3, -0.25) is 4.55 Å². The number of rotatable bonds is 14. The van der Waals surface area contributed by atoms with Crippen LogP contribution in [-0.2, 0) is 32.6 Å². The number of nitrogens with zero attached hydrogens (tertiary/aromatic N) is 7. The van der Waals surface area contributed by atoms with Crippen LogP contribution in [0.15, 0.2) is 93.0 Å². The van der Waals surface area contributed by atoms with Gasteiger partial charge >= 0.3 is 5.97 Å². The van der Waals surface area contributed by atoms with Gasteiger partial charge in [0, 0.05) is 31.2 Å². The summed E-state index contributed by atoms with van der Waals surface area (Å²) < 4.78 is 53.8. The van der Waals surface area contributed by atoms with E-state index in [0.29, 0.717) is 20.6 Å². The Hall–Kier alpha value is -4.18. The van der Waals surface area contributed by atoms with Gasteiger partial charge in [0.05, 0.1) is 28.4 Å². The molecule has 0 radical (unpaired) electrons. The first-order chi connectivity index (χ1) is 19.5. The summed E-state index contributed by atoms with van der Waals surface area (Å²) in [5.74, 6) is -1.09. The molecule has 3 rings (SSSR count). The molecule has 14 nitrogen and oxygen atoms in total. The highest BCUT2D eigenvalue weighted by atomic mass is 32.3. The maximum absolute atomic E-state index is 13.1. The maximum atomic E-state index is 13.1. The van der Waals surface area contributed by atoms with Gasteiger partial charge in [0.2, 0.25) is 11.3 Å². The molecule has 0 aliphatic rings. The van der Waals surface area contributed by atoms with Crippen LogP contribution in [-0.4, -0.2) is 58.8 Å². The molecule has 0 bridgehead atoms. The zero-order chi connectivity index (χ0) is 30.0. The SMILES string of the molecule is CN(C)c1ccc(N=Nc2ccc(S(=O)(=O)N(CCC(N=[N+]=[N-])OCc3ccc(C(=O)O)cc3)S(=O)O)cc2)cc1. The molecule has 0 amide bonds. The maximum Gasteiger partial charge on any atom is 0.335 e. The lowest BCUT2D eigenvalue weighted by Gasteiger charge is -2.20. The molecule has 0 heterocycles. The van der Waals surface area contributed by atoms with E-state index in [4.69, 9.17) is 15.4 Å². The van der Waals surface area contributed by atoms with Crippen LogP contribution in [0.2, 0.25) is 0 Å². The molecule has 216 valence electrons. The monoisotopic (exact) mass is 601 g/mol. The Kier molecular flexibility index (Phi) is 11.0. The van der Waals surface area contributed by atoms with Crippen LogP contribution >= 0.6 is 0 Å². The molecular weight excluding hydrogens is 574 g/mol. The second-order valence-electron chi connectivity index (χ2n) is 8.63. The van der Waals surface area contributed by atoms with Gasteiger partial charge in [-0.15, -0.1) is 0 Å². The van der Waals surface area contributed by atoms with Crippen molar-refractivity contribution in [3.8, 4) is 0 Å². The number of hydrogen-bond acceptors (Lipinski definition) is 9. The van der Waals surface area contributed by atoms with E-state index >= 15 is 0 Å². The summed E-state index contributed by atoms with van der Waals surface area (Å²) in [5, 5.41) is 20.7. The summed E-state index contributed by atoms with van der Waals surface area (Å²) in [4.78, 5) is 15.4. The second kappa shape index (κ2) is 14.5. The summed E-state index contributed by atoms with van der Waals surface area (Å²) in [7, 11) is -0.597. The molecular formula is C25H27N7O7S2. The molecule has 0 spiro atoms. The molecule has 2 atom stereocenters. The number of carbonyl (C=O) groups is 1. The van der Waals surface area contributed by atoms with Gasteiger partial charge in [-0.2, -0.15) is 10.2 Å². The van der Waals surface area contributed by atoms with E-state index < -0.39 is 40.0 Å². The lowest BCUT2D eigenvalue weighted by molar-refractivity contribution is 0.0388. The minimum atomic E-state index is -4.43. The Bertz CT molecular complexity index is 1540. The van der Waals surface area contributed by atoms with Gasteiger partial charge in [-0.25, -0.2) is 17.4 Å². The third-order valence-electron chi connectivity index (χ3n) is 5.61. The second-order valence-corrected chi connectivity index (χ2v) is 11.6. The first-order valence-electron chi connectivity index (χ1n) is 11.9. The van der Waals surface area contributed by atoms with Gasteiger partial charge in [-0.1, -0.05) is 21.0 Å². The van der Waals surface area contributed by atoms with E-state index in [1.807, 2.05) is 31.1 Å². The number of benzene rings is 3. The fourth-order valence-corrected chi connectivity index (χ4v) is 5.65. The van der Waals surface area contributed by atoms with Crippen LogP contribution < -0.4 is 4.90 Å². The molecule has 2 N–H and O–H groups in total. The van der Waals surface area contributed by atoms with Crippen molar-refractivity contribution in [2.24, 2.45) is 15.3 Å². The van der Waals surface area contributed by atoms with Crippen molar-refractivity contribution in [2.45, 2.75) is 24.2 Å². The largest absolute Gasteiger partial charge is 0.478 e. The Morgan fingerprint density at radius 1 is 1.00 bits per heavy atom. The number of azo groups is 1. The van der Waals surface area contributed by atoms with Crippen molar-refractivity contribution in [1.29, 1.82) is 0 Å². The predicted molar refractivity (Wildman–Crippen MR) is 152 cm³/mol. The number of aromatic carboxylic acids is 1. The van der Waals surface area contributed by atoms with Gasteiger partial charge < -0.3 is 14.7 Å². The van der Waals surface area contributed by atoms with Crippen molar-refractivity contribution in [1.82, 2.24) is 3.71 Å². The first-order valence-corrected chi connectivity index (χ1v) is 14.4. The quantitative estimate of drug-likeness (QED) is 0.108. The van der Waals surface area contributed by atoms with Crippen LogP contribution in [0.25, 0.3) is 10.4 Å². The Labute approximate surface area is 239 Å². The van der Waals surface area contributed by atoms with E-state index in [9.17, 15) is 22.0 Å². The lowest BCUT2D eigenvalue weighted by atomic mass is 10.1. The summed E-state index contributed by atoms with van der Waals surface area (Å²) >= 11 is -2.93. The molecule has 0 saturated heterocycles. The molecule has 0 aliphatic heterocycles. The van der Waals surface area contributed by atoms with Crippen LogP contribution in [0.3, 0.4) is 0 Å². The van der Waals surface area contributed by atoms with Gasteiger partial charge in [0.15, 0.2) is 0 Å². The number of hydrogen-bond donors (Lipinski definition) is 2. The Morgan fingerprint density at radius 2 is 1.56 bits per heavy atom. The number of sulfonamides is 1. The van der Waals surface area contributed by atoms with E-state index in [1.165, 1.54) is 48.5 Å². The standard InChI is InChI=1S/C25H27N7O7S2/c1-31(2)22-11-7-20(8-12-22)27-28-21-9-13-23(14-10-21)41(37,38)32(40(35)36)16-15-24(29-30-26)39-17-18-3-5-19(6-4-18)25(33)34/h3-14,24H,15-17H2,1-2H3,(H,33,34)(H,35,36). The van der Waals surface area contributed by atoms with E-state index in [-0.39, 0.29) is 23.5 Å². The lowest BCUT2D eigenvalue weighted by Crippen LogP contribution is -2.35. The summed E-state index contributed by atoms with van der Waals surface area (Å²) in [5.41, 5.74) is 11.5. The third-order valence-corrected chi connectivity index (χ3v) is 8.70. The van der Waals surface area contributed by atoms with E-state index in [1.54, 1.807) is 12.1 Å². The normalized spacial score (nSPS) is 13.1. The van der Waals surface area contributed by atoms with Crippen molar-refractivity contribution in [3.63, 3.8) is 0 Å². The Morgan fingerprint density at radius 3 is 2.05 bits per heavy atom. The average molecular weight is 602 g/mol. The summed E-state index contributed by atoms with van der Waals surface area (Å²) in [6, 6.07) is 18.4. The van der Waals surface area contributed by atoms with Crippen LogP contribution in [0.1, 0.15) is 22.3 Å². The van der Waals surface area contributed by atoms with Crippen molar-refractivity contribution in [3.05, 3.63) is 94.4 Å². The van der Waals surface area contributed by atoms with Crippen molar-refractivity contribution >= 4 is 44.3 Å². The van der Waals surface area contributed by atoms with Gasteiger partial charge in [0.25, 0.3) is 10.0 Å². The first kappa shape index (κ1) is 31.3. The number of anilines is 1. The van der Waals surface area contributed by atoms with Crippen LogP contribution in [0.5, 0.6) is 0 Å². The molecule has 41 heavy (non-hydrogen) atoms. The van der Waals surface area contributed by atoms with Gasteiger partial charge in [0.1, 0.15) is 6.23 Å². The fourth-order valence-electron chi connectivity index (χ4n) is 3.40. The molecule has 0 aliphatic carbocycles. The number of ether oxygens (including phenoxy) is 1. The number of carboxylic acids is 1. The van der Waals surface area contributed by atoms with Crippen LogP contribution in [0, 0.1) is 0 Å². The molecule has 3 aromatic carbocycles. The highest BCUT2D eigenvalue weighted by Gasteiger charge is 2.30. The Balaban J connectivity index is 1.66. The predicted octanol–water partition coefficient (Wildman–Crippen LogP) is 5.24. The molecule has 0 aromatic heterocycles. The summed E-state index contributed by atoms with van der Waals surface area (Å²) in [6.45, 7) is -0.578. The number of azide groups is 1. The fraction of sp³-hybridized carbons (Fsp3) is 0.240. The van der Waals surface area contributed by atoms with Crippen molar-refractivity contribution in [2.75, 3.05) is 25.5 Å². The van der Waals surface area contributed by atoms with E-state index in [0.717, 1.165) is 5.69 Å². The van der Waals surface area contributed by atoms with Crippen LogP contribution in [0.4, 0.5) is 17.1 Å². The zero-order valence-corrected chi connectivity index (χ0v) is 23.6. The smallest absolute Gasteiger partial charge is 0.335 e. The minimum absolute atomic E-state index is 0.0750. The zero-order valence-electron chi connectivity index (χ0n) is 22.0. The van der Waals surface area contributed by atoms with Gasteiger partial charge in [-0.05, 0) is 78.2 Å². The number of carboxylic acid groups (broad SMARTS) is 1. The topological polar surface area (TPSA) is 198 Å². The molecule has 0 saturated carbocycles. The molecule has 16 heteroatoms. The average Bonchev–Trinajstić information content (AvgIpc) is 2.95. The highest BCUT2D eigenvalue weighted by Crippen LogP contribution is 2.24. The van der Waals surface area contributed by atoms with E-state index in [2.05, 4.69) is 20.3 Å². The van der Waals surface area contributed by atoms with Crippen molar-refractivity contribution < 1.29 is 31.8 Å². The molecule has 2 unspecified atom stereocenters. The summed E-state index contributed by atoms with van der Waals surface area (Å²) in [6.07, 6.45) is -1.41. The molecule has 3 aromatic rings. The highest BCUT2D eigenvalue weighted by molar-refractivity contribution is 7.99. The minimum Gasteiger partial charge on any atom is -0.478 e. The third kappa shape index (κ3) is 8.91. The molecule has 0 fully saturated rings.